The molecule has 0 unspecified atom stereocenters. The highest BCUT2D eigenvalue weighted by atomic mass is 32.2. The van der Waals surface area contributed by atoms with Crippen LogP contribution in [0.1, 0.15) is 5.82 Å². The van der Waals surface area contributed by atoms with Gasteiger partial charge in [-0.05, 0) is 35.3 Å². The molecule has 140 valence electrons. The number of anilines is 2. The quantitative estimate of drug-likeness (QED) is 0.345. The van der Waals surface area contributed by atoms with E-state index in [4.69, 9.17) is 28.8 Å². The first-order valence-corrected chi connectivity index (χ1v) is 9.17. The van der Waals surface area contributed by atoms with Gasteiger partial charge in [-0.1, -0.05) is 6.07 Å². The number of nitrogens with zero attached hydrogens (tertiary/aromatic N) is 4. The number of benzene rings is 1. The normalized spacial score (nSPS) is 11.3. The predicted molar refractivity (Wildman–Crippen MR) is 99.4 cm³/mol. The molecule has 6 N–H and O–H groups in total. The number of aromatic nitrogens is 2. The van der Waals surface area contributed by atoms with Gasteiger partial charge in [-0.15, -0.1) is 0 Å². The Morgan fingerprint density at radius 1 is 1.46 bits per heavy atom. The van der Waals surface area contributed by atoms with Gasteiger partial charge in [0.2, 0.25) is 15.8 Å². The average Bonchev–Trinajstić information content (AvgIpc) is 2.83. The van der Waals surface area contributed by atoms with Gasteiger partial charge in [0.25, 0.3) is 0 Å². The van der Waals surface area contributed by atoms with E-state index >= 15 is 0 Å². The van der Waals surface area contributed by atoms with Crippen molar-refractivity contribution in [3.05, 3.63) is 40.2 Å². The van der Waals surface area contributed by atoms with Crippen LogP contribution in [0.5, 0.6) is 0 Å². The number of nitro groups is 1. The molecule has 0 saturated carbocycles. The van der Waals surface area contributed by atoms with Crippen LogP contribution in [0.25, 0.3) is 0 Å². The SMILES string of the molecule is Cc1nc(N(C(N)=S)c2cccc(S(N)(=O)=O)c2)c([N+](=O)[O-])n1CCN. The molecular weight excluding hydrogens is 382 g/mol. The van der Waals surface area contributed by atoms with Gasteiger partial charge in [0.05, 0.1) is 10.6 Å². The highest BCUT2D eigenvalue weighted by molar-refractivity contribution is 7.89. The highest BCUT2D eigenvalue weighted by Crippen LogP contribution is 2.34. The van der Waals surface area contributed by atoms with Crippen LogP contribution in [0, 0.1) is 17.0 Å². The smallest absolute Gasteiger partial charge is 0.368 e. The zero-order valence-corrected chi connectivity index (χ0v) is 15.3. The first-order valence-electron chi connectivity index (χ1n) is 7.22. The van der Waals surface area contributed by atoms with Crippen LogP contribution in [0.15, 0.2) is 29.2 Å². The molecule has 0 aliphatic heterocycles. The summed E-state index contributed by atoms with van der Waals surface area (Å²) in [4.78, 5) is 16.1. The summed E-state index contributed by atoms with van der Waals surface area (Å²) in [6, 6.07) is 5.38. The second kappa shape index (κ2) is 7.33. The van der Waals surface area contributed by atoms with E-state index in [1.54, 1.807) is 6.92 Å². The topological polar surface area (TPSA) is 176 Å². The minimum Gasteiger partial charge on any atom is -0.376 e. The van der Waals surface area contributed by atoms with Gasteiger partial charge in [0, 0.05) is 13.5 Å². The molecule has 1 heterocycles. The second-order valence-electron chi connectivity index (χ2n) is 5.22. The Morgan fingerprint density at radius 3 is 2.62 bits per heavy atom. The fourth-order valence-electron chi connectivity index (χ4n) is 2.42. The van der Waals surface area contributed by atoms with Crippen molar-refractivity contribution in [2.75, 3.05) is 11.4 Å². The molecular formula is C13H17N7O4S2. The lowest BCUT2D eigenvalue weighted by Crippen LogP contribution is -2.32. The van der Waals surface area contributed by atoms with Gasteiger partial charge in [0.1, 0.15) is 6.54 Å². The number of nitrogens with two attached hydrogens (primary N) is 3. The van der Waals surface area contributed by atoms with Gasteiger partial charge in [-0.2, -0.15) is 4.98 Å². The van der Waals surface area contributed by atoms with Gasteiger partial charge in [-0.3, -0.25) is 4.90 Å². The molecule has 0 fully saturated rings. The van der Waals surface area contributed by atoms with E-state index in [1.165, 1.54) is 28.8 Å². The summed E-state index contributed by atoms with van der Waals surface area (Å²) < 4.78 is 24.5. The summed E-state index contributed by atoms with van der Waals surface area (Å²) in [5.41, 5.74) is 11.4. The summed E-state index contributed by atoms with van der Waals surface area (Å²) in [7, 11) is -3.99. The molecule has 2 rings (SSSR count). The monoisotopic (exact) mass is 399 g/mol. The summed E-state index contributed by atoms with van der Waals surface area (Å²) in [5.74, 6) is -0.164. The number of hydrogen-bond acceptors (Lipinski definition) is 7. The van der Waals surface area contributed by atoms with Crippen LogP contribution in [0.2, 0.25) is 0 Å². The number of rotatable bonds is 6. The van der Waals surface area contributed by atoms with Gasteiger partial charge in [-0.25, -0.2) is 18.1 Å². The molecule has 0 aliphatic rings. The summed E-state index contributed by atoms with van der Waals surface area (Å²) in [6.07, 6.45) is 0. The molecule has 11 nitrogen and oxygen atoms in total. The summed E-state index contributed by atoms with van der Waals surface area (Å²) in [5, 5.41) is 16.5. The van der Waals surface area contributed by atoms with Crippen LogP contribution in [0.3, 0.4) is 0 Å². The number of aryl methyl sites for hydroxylation is 1. The minimum absolute atomic E-state index is 0.139. The highest BCUT2D eigenvalue weighted by Gasteiger charge is 2.31. The first kappa shape index (κ1) is 19.7. The van der Waals surface area contributed by atoms with E-state index < -0.39 is 14.9 Å². The lowest BCUT2D eigenvalue weighted by molar-refractivity contribution is -0.391. The minimum atomic E-state index is -3.99. The molecule has 0 spiro atoms. The molecule has 0 bridgehead atoms. The molecule has 0 saturated heterocycles. The van der Waals surface area contributed by atoms with Crippen LogP contribution in [0.4, 0.5) is 17.3 Å². The number of thiocarbonyl (C=S) groups is 1. The van der Waals surface area contributed by atoms with E-state index in [2.05, 4.69) is 4.98 Å². The Balaban J connectivity index is 2.72. The van der Waals surface area contributed by atoms with Gasteiger partial charge in [0.15, 0.2) is 10.9 Å². The van der Waals surface area contributed by atoms with E-state index in [0.29, 0.717) is 5.82 Å². The zero-order chi connectivity index (χ0) is 19.6. The molecule has 1 aromatic heterocycles. The molecule has 26 heavy (non-hydrogen) atoms. The Morgan fingerprint density at radius 2 is 2.12 bits per heavy atom. The Labute approximate surface area is 154 Å². The van der Waals surface area contributed by atoms with Gasteiger partial charge < -0.3 is 21.6 Å². The van der Waals surface area contributed by atoms with E-state index in [0.717, 1.165) is 4.90 Å². The molecule has 0 atom stereocenters. The fourth-order valence-corrected chi connectivity index (χ4v) is 3.16. The van der Waals surface area contributed by atoms with Crippen molar-refractivity contribution >= 4 is 44.7 Å². The molecule has 0 amide bonds. The third-order valence-corrected chi connectivity index (χ3v) is 4.57. The third-order valence-electron chi connectivity index (χ3n) is 3.48. The van der Waals surface area contributed by atoms with Crippen molar-refractivity contribution in [2.24, 2.45) is 16.6 Å². The third kappa shape index (κ3) is 3.80. The zero-order valence-electron chi connectivity index (χ0n) is 13.7. The molecule has 1 aromatic carbocycles. The second-order valence-corrected chi connectivity index (χ2v) is 7.20. The molecule has 13 heteroatoms. The van der Waals surface area contributed by atoms with Crippen LogP contribution < -0.4 is 21.5 Å². The van der Waals surface area contributed by atoms with Crippen molar-refractivity contribution in [3.63, 3.8) is 0 Å². The van der Waals surface area contributed by atoms with Crippen LogP contribution in [-0.2, 0) is 16.6 Å². The maximum absolute atomic E-state index is 11.6. The Kier molecular flexibility index (Phi) is 5.56. The van der Waals surface area contributed by atoms with Crippen molar-refractivity contribution < 1.29 is 13.3 Å². The lowest BCUT2D eigenvalue weighted by atomic mass is 10.3. The number of primary sulfonamides is 1. The van der Waals surface area contributed by atoms with E-state index in [9.17, 15) is 18.5 Å². The average molecular weight is 399 g/mol. The maximum Gasteiger partial charge on any atom is 0.368 e. The standard InChI is InChI=1S/C13H17N7O4S2/c1-8-17-11(12(20(21)22)18(8)6-5-14)19(13(15)25)9-3-2-4-10(7-9)26(16,23)24/h2-4,7H,5-6,14H2,1H3,(H2,15,25)(H2,16,23,24). The van der Waals surface area contributed by atoms with Crippen molar-refractivity contribution in [1.29, 1.82) is 0 Å². The van der Waals surface area contributed by atoms with Crippen molar-refractivity contribution in [3.8, 4) is 0 Å². The number of sulfonamides is 1. The molecule has 2 aromatic rings. The van der Waals surface area contributed by atoms with Crippen LogP contribution >= 0.6 is 12.2 Å². The van der Waals surface area contributed by atoms with Crippen LogP contribution in [-0.4, -0.2) is 34.5 Å². The fraction of sp³-hybridized carbons (Fsp3) is 0.231. The Hall–Kier alpha value is -2.61. The first-order chi connectivity index (χ1) is 12.1. The van der Waals surface area contributed by atoms with E-state index in [-0.39, 0.29) is 40.4 Å². The van der Waals surface area contributed by atoms with E-state index in [1.807, 2.05) is 0 Å². The summed E-state index contributed by atoms with van der Waals surface area (Å²) in [6.45, 7) is 1.90. The summed E-state index contributed by atoms with van der Waals surface area (Å²) >= 11 is 5.01. The number of imidazole rings is 1. The largest absolute Gasteiger partial charge is 0.376 e. The predicted octanol–water partition coefficient (Wildman–Crippen LogP) is 0.0875. The number of hydrogen-bond donors (Lipinski definition) is 3. The molecule has 0 radical (unpaired) electrons. The van der Waals surface area contributed by atoms with Crippen molar-refractivity contribution in [2.45, 2.75) is 18.4 Å². The van der Waals surface area contributed by atoms with Crippen molar-refractivity contribution in [1.82, 2.24) is 9.55 Å². The molecule has 0 aliphatic carbocycles. The van der Waals surface area contributed by atoms with Gasteiger partial charge >= 0.3 is 5.82 Å². The lowest BCUT2D eigenvalue weighted by Gasteiger charge is -2.20. The maximum atomic E-state index is 11.6. The Bertz CT molecular complexity index is 971.